The second-order valence-corrected chi connectivity index (χ2v) is 7.18. The summed E-state index contributed by atoms with van der Waals surface area (Å²) in [6, 6.07) is 7.79. The molecule has 0 radical (unpaired) electrons. The van der Waals surface area contributed by atoms with E-state index in [1.165, 1.54) is 11.3 Å². The number of aromatic nitrogens is 4. The Bertz CT molecular complexity index is 1090. The Balaban J connectivity index is 1.70. The van der Waals surface area contributed by atoms with Crippen molar-refractivity contribution in [1.82, 2.24) is 24.6 Å². The molecule has 26 heavy (non-hydrogen) atoms. The van der Waals surface area contributed by atoms with Crippen LogP contribution in [0.1, 0.15) is 26.6 Å². The Labute approximate surface area is 155 Å². The number of carbonyl (C=O) groups is 1. The molecular formula is C19H19N5OS. The smallest absolute Gasteiger partial charge is 0.263 e. The molecular weight excluding hydrogens is 346 g/mol. The molecule has 4 heterocycles. The quantitative estimate of drug-likeness (QED) is 0.603. The minimum Gasteiger partial charge on any atom is -0.347 e. The van der Waals surface area contributed by atoms with E-state index in [9.17, 15) is 4.79 Å². The summed E-state index contributed by atoms with van der Waals surface area (Å²) in [6.07, 6.45) is 5.64. The highest BCUT2D eigenvalue weighted by Crippen LogP contribution is 2.33. The van der Waals surface area contributed by atoms with Gasteiger partial charge in [-0.1, -0.05) is 0 Å². The topological polar surface area (TPSA) is 64.7 Å². The summed E-state index contributed by atoms with van der Waals surface area (Å²) >= 11 is 1.41. The Hall–Kier alpha value is -2.93. The third-order valence-corrected chi connectivity index (χ3v) is 5.70. The Kier molecular flexibility index (Phi) is 4.08. The predicted octanol–water partition coefficient (Wildman–Crippen LogP) is 3.37. The van der Waals surface area contributed by atoms with Gasteiger partial charge in [-0.15, -0.1) is 11.3 Å². The molecule has 4 aromatic rings. The van der Waals surface area contributed by atoms with E-state index in [-0.39, 0.29) is 5.91 Å². The summed E-state index contributed by atoms with van der Waals surface area (Å²) in [7, 11) is 1.91. The van der Waals surface area contributed by atoms with E-state index in [2.05, 4.69) is 15.4 Å². The Morgan fingerprint density at radius 1 is 1.23 bits per heavy atom. The van der Waals surface area contributed by atoms with E-state index in [1.54, 1.807) is 6.20 Å². The maximum absolute atomic E-state index is 13.0. The van der Waals surface area contributed by atoms with Gasteiger partial charge in [-0.3, -0.25) is 9.48 Å². The van der Waals surface area contributed by atoms with Crippen molar-refractivity contribution in [2.45, 2.75) is 20.4 Å². The molecule has 0 spiro atoms. The summed E-state index contributed by atoms with van der Waals surface area (Å²) in [6.45, 7) is 4.43. The maximum Gasteiger partial charge on any atom is 0.263 e. The van der Waals surface area contributed by atoms with Gasteiger partial charge in [0, 0.05) is 48.8 Å². The van der Waals surface area contributed by atoms with Crippen LogP contribution >= 0.6 is 11.3 Å². The minimum absolute atomic E-state index is 0.0978. The van der Waals surface area contributed by atoms with Crippen molar-refractivity contribution < 1.29 is 4.79 Å². The fourth-order valence-corrected chi connectivity index (χ4v) is 4.19. The van der Waals surface area contributed by atoms with Gasteiger partial charge in [0.1, 0.15) is 9.71 Å². The van der Waals surface area contributed by atoms with Crippen LogP contribution in [0.3, 0.4) is 0 Å². The van der Waals surface area contributed by atoms with Crippen molar-refractivity contribution >= 4 is 27.5 Å². The summed E-state index contributed by atoms with van der Waals surface area (Å²) < 4.78 is 3.81. The first kappa shape index (κ1) is 16.5. The molecule has 0 aromatic carbocycles. The molecule has 0 atom stereocenters. The summed E-state index contributed by atoms with van der Waals surface area (Å²) in [4.78, 5) is 18.9. The van der Waals surface area contributed by atoms with E-state index in [0.29, 0.717) is 11.4 Å². The number of fused-ring (bicyclic) bond motifs is 1. The van der Waals surface area contributed by atoms with Gasteiger partial charge in [-0.25, -0.2) is 4.98 Å². The number of nitrogens with zero attached hydrogens (tertiary/aromatic N) is 4. The van der Waals surface area contributed by atoms with Crippen molar-refractivity contribution in [3.63, 3.8) is 0 Å². The summed E-state index contributed by atoms with van der Waals surface area (Å²) in [5.41, 5.74) is 3.93. The normalized spacial score (nSPS) is 11.2. The third-order valence-electron chi connectivity index (χ3n) is 4.59. The molecule has 4 aromatic heterocycles. The molecule has 0 saturated carbocycles. The van der Waals surface area contributed by atoms with Crippen molar-refractivity contribution in [2.75, 3.05) is 0 Å². The zero-order valence-corrected chi connectivity index (χ0v) is 15.7. The first-order valence-electron chi connectivity index (χ1n) is 8.34. The van der Waals surface area contributed by atoms with Gasteiger partial charge < -0.3 is 9.88 Å². The molecule has 7 heteroatoms. The first-order valence-corrected chi connectivity index (χ1v) is 9.16. The molecule has 0 fully saturated rings. The first-order chi connectivity index (χ1) is 12.6. The van der Waals surface area contributed by atoms with Crippen molar-refractivity contribution in [2.24, 2.45) is 7.05 Å². The number of carbonyl (C=O) groups excluding carboxylic acids is 1. The zero-order valence-electron chi connectivity index (χ0n) is 14.9. The van der Waals surface area contributed by atoms with E-state index >= 15 is 0 Å². The van der Waals surface area contributed by atoms with Crippen LogP contribution in [0, 0.1) is 13.8 Å². The minimum atomic E-state index is -0.0978. The molecule has 1 N–H and O–H groups in total. The van der Waals surface area contributed by atoms with E-state index < -0.39 is 0 Å². The van der Waals surface area contributed by atoms with Crippen molar-refractivity contribution in [3.05, 3.63) is 64.7 Å². The summed E-state index contributed by atoms with van der Waals surface area (Å²) in [5.74, 6) is -0.0978. The fourth-order valence-electron chi connectivity index (χ4n) is 3.14. The highest BCUT2D eigenvalue weighted by molar-refractivity contribution is 7.21. The van der Waals surface area contributed by atoms with Gasteiger partial charge in [0.2, 0.25) is 0 Å². The molecule has 0 unspecified atom stereocenters. The molecule has 0 bridgehead atoms. The van der Waals surface area contributed by atoms with Gasteiger partial charge in [0.15, 0.2) is 0 Å². The lowest BCUT2D eigenvalue weighted by Crippen LogP contribution is -2.23. The SMILES string of the molecule is Cc1nn(C)c(C)c1CNC(=O)c1sc2ncccc2c1-n1cccc1. The van der Waals surface area contributed by atoms with Crippen LogP contribution in [0.4, 0.5) is 0 Å². The van der Waals surface area contributed by atoms with Gasteiger partial charge in [0.25, 0.3) is 5.91 Å². The van der Waals surface area contributed by atoms with Crippen molar-refractivity contribution in [3.8, 4) is 5.69 Å². The van der Waals surface area contributed by atoms with Gasteiger partial charge in [-0.05, 0) is 38.1 Å². The lowest BCUT2D eigenvalue weighted by Gasteiger charge is -2.08. The number of hydrogen-bond acceptors (Lipinski definition) is 4. The Morgan fingerprint density at radius 2 is 2.00 bits per heavy atom. The van der Waals surface area contributed by atoms with Crippen LogP contribution in [0.5, 0.6) is 0 Å². The van der Waals surface area contributed by atoms with Gasteiger partial charge >= 0.3 is 0 Å². The fraction of sp³-hybridized carbons (Fsp3) is 0.211. The molecule has 0 aliphatic rings. The van der Waals surface area contributed by atoms with E-state index in [1.807, 2.05) is 66.8 Å². The van der Waals surface area contributed by atoms with E-state index in [4.69, 9.17) is 0 Å². The van der Waals surface area contributed by atoms with Crippen LogP contribution < -0.4 is 5.32 Å². The van der Waals surface area contributed by atoms with Crippen LogP contribution in [0.2, 0.25) is 0 Å². The number of nitrogens with one attached hydrogen (secondary N) is 1. The lowest BCUT2D eigenvalue weighted by molar-refractivity contribution is 0.0955. The number of hydrogen-bond donors (Lipinski definition) is 1. The molecule has 6 nitrogen and oxygen atoms in total. The molecule has 0 saturated heterocycles. The maximum atomic E-state index is 13.0. The largest absolute Gasteiger partial charge is 0.347 e. The van der Waals surface area contributed by atoms with Crippen LogP contribution in [-0.4, -0.2) is 25.2 Å². The molecule has 1 amide bonds. The van der Waals surface area contributed by atoms with E-state index in [0.717, 1.165) is 32.9 Å². The lowest BCUT2D eigenvalue weighted by atomic mass is 10.2. The second-order valence-electron chi connectivity index (χ2n) is 6.18. The standard InChI is InChI=1S/C19H19N5OS/c1-12-15(13(2)23(3)22-12)11-21-18(25)17-16(24-9-4-5-10-24)14-7-6-8-20-19(14)26-17/h4-10H,11H2,1-3H3,(H,21,25). The van der Waals surface area contributed by atoms with Crippen LogP contribution in [0.25, 0.3) is 15.9 Å². The van der Waals surface area contributed by atoms with Crippen molar-refractivity contribution in [1.29, 1.82) is 0 Å². The molecule has 132 valence electrons. The number of pyridine rings is 1. The highest BCUT2D eigenvalue weighted by atomic mass is 32.1. The average molecular weight is 365 g/mol. The Morgan fingerprint density at radius 3 is 2.69 bits per heavy atom. The number of aryl methyl sites for hydroxylation is 2. The predicted molar refractivity (Wildman–Crippen MR) is 103 cm³/mol. The van der Waals surface area contributed by atoms with Gasteiger partial charge in [0.05, 0.1) is 11.4 Å². The number of amides is 1. The molecule has 4 rings (SSSR count). The molecule has 0 aliphatic heterocycles. The van der Waals surface area contributed by atoms with Gasteiger partial charge in [-0.2, -0.15) is 5.10 Å². The average Bonchev–Trinajstić information content (AvgIpc) is 3.32. The summed E-state index contributed by atoms with van der Waals surface area (Å²) in [5, 5.41) is 8.44. The monoisotopic (exact) mass is 365 g/mol. The highest BCUT2D eigenvalue weighted by Gasteiger charge is 2.21. The number of rotatable bonds is 4. The van der Waals surface area contributed by atoms with Crippen LogP contribution in [0.15, 0.2) is 42.9 Å². The van der Waals surface area contributed by atoms with Crippen LogP contribution in [-0.2, 0) is 13.6 Å². The third kappa shape index (κ3) is 2.70. The second kappa shape index (κ2) is 6.42. The molecule has 0 aliphatic carbocycles. The number of thiophene rings is 1. The zero-order chi connectivity index (χ0) is 18.3.